The second-order valence-corrected chi connectivity index (χ2v) is 20.4. The number of likely N-dealkylation sites (N-methyl/N-ethyl adjacent to an activating group) is 3. The summed E-state index contributed by atoms with van der Waals surface area (Å²) in [6, 6.07) is 21.4. The van der Waals surface area contributed by atoms with Crippen molar-refractivity contribution in [3.8, 4) is 17.2 Å². The summed E-state index contributed by atoms with van der Waals surface area (Å²) in [6.07, 6.45) is 13.8. The number of hydrogen-bond donors (Lipinski definition) is 3. The third-order valence-electron chi connectivity index (χ3n) is 13.3. The van der Waals surface area contributed by atoms with E-state index >= 15 is 0 Å². The van der Waals surface area contributed by atoms with Crippen LogP contribution in [0.4, 0.5) is 0 Å². The third-order valence-corrected chi connectivity index (χ3v) is 14.0. The Morgan fingerprint density at radius 2 is 0.661 bits per heavy atom. The molecule has 0 aliphatic heterocycles. The highest BCUT2D eigenvalue weighted by atomic mass is 31.2. The lowest BCUT2D eigenvalue weighted by atomic mass is 9.72. The highest BCUT2D eigenvalue weighted by Gasteiger charge is 2.42. The molecular formula is C48H72N3O10P. The molecule has 344 valence electrons. The zero-order chi connectivity index (χ0) is 44.4. The molecule has 62 heavy (non-hydrogen) atoms. The van der Waals surface area contributed by atoms with Crippen molar-refractivity contribution < 1.29 is 48.6 Å². The summed E-state index contributed by atoms with van der Waals surface area (Å²) in [5.41, 5.74) is 0.434. The number of benzene rings is 3. The van der Waals surface area contributed by atoms with Crippen LogP contribution in [0.25, 0.3) is 0 Å². The van der Waals surface area contributed by atoms with Crippen molar-refractivity contribution in [2.75, 3.05) is 61.9 Å². The Morgan fingerprint density at radius 1 is 0.435 bits per heavy atom. The van der Waals surface area contributed by atoms with Crippen LogP contribution in [-0.4, -0.2) is 109 Å². The van der Waals surface area contributed by atoms with E-state index in [-0.39, 0.29) is 35.0 Å². The predicted molar refractivity (Wildman–Crippen MR) is 240 cm³/mol. The van der Waals surface area contributed by atoms with Crippen LogP contribution in [0.3, 0.4) is 0 Å². The summed E-state index contributed by atoms with van der Waals surface area (Å²) in [5, 5.41) is 35.1. The Hall–Kier alpha value is -3.07. The van der Waals surface area contributed by atoms with Gasteiger partial charge in [0.1, 0.15) is 0 Å². The Morgan fingerprint density at radius 3 is 0.871 bits per heavy atom. The monoisotopic (exact) mass is 881 g/mol. The van der Waals surface area contributed by atoms with Crippen molar-refractivity contribution in [3.05, 3.63) is 89.5 Å². The van der Waals surface area contributed by atoms with E-state index in [1.807, 2.05) is 78.7 Å². The number of aliphatic hydroxyl groups is 3. The van der Waals surface area contributed by atoms with E-state index in [1.54, 1.807) is 36.4 Å². The first-order valence-electron chi connectivity index (χ1n) is 22.7. The van der Waals surface area contributed by atoms with Crippen molar-refractivity contribution in [2.45, 2.75) is 131 Å². The zero-order valence-electron chi connectivity index (χ0n) is 37.9. The highest BCUT2D eigenvalue weighted by Crippen LogP contribution is 2.51. The van der Waals surface area contributed by atoms with Gasteiger partial charge >= 0.3 is 7.82 Å². The lowest BCUT2D eigenvalue weighted by molar-refractivity contribution is -0.237. The summed E-state index contributed by atoms with van der Waals surface area (Å²) < 4.78 is 30.4. The van der Waals surface area contributed by atoms with Crippen molar-refractivity contribution >= 4 is 7.82 Å². The van der Waals surface area contributed by atoms with Crippen LogP contribution in [-0.2, 0) is 18.6 Å². The van der Waals surface area contributed by atoms with E-state index in [9.17, 15) is 19.9 Å². The summed E-state index contributed by atoms with van der Waals surface area (Å²) in [7, 11) is 7.24. The fourth-order valence-corrected chi connectivity index (χ4v) is 10.6. The Bertz CT molecular complexity index is 1630. The van der Waals surface area contributed by atoms with Gasteiger partial charge in [0.15, 0.2) is 17.2 Å². The molecule has 0 saturated heterocycles. The Labute approximate surface area is 369 Å². The molecule has 3 fully saturated rings. The van der Waals surface area contributed by atoms with Crippen molar-refractivity contribution in [1.82, 2.24) is 14.7 Å². The standard InChI is InChI=1S/C48H72N3O10P/c1-49(2)34-43(46(52)28-10-7-11-29-46)37-16-22-40(23-17-37)56-59-62(55,60-57-41-24-18-38(19-25-41)44(35-50(3)4)47(53)30-12-8-13-31-47)61-58-42-26-20-39(21-27-42)45(36-51(5)6)48(54)32-14-9-15-33-48/h16-27,43-45,52-54H,7-15,28-36H2,1-6H3. The molecule has 3 aromatic rings. The second-order valence-electron chi connectivity index (χ2n) is 19.1. The first-order chi connectivity index (χ1) is 29.6. The maximum atomic E-state index is 14.2. The molecule has 0 heterocycles. The van der Waals surface area contributed by atoms with Crippen molar-refractivity contribution in [2.24, 2.45) is 0 Å². The molecule has 0 amide bonds. The topological polar surface area (TPSA) is 143 Å². The minimum absolute atomic E-state index is 0.113. The molecule has 3 aromatic carbocycles. The molecule has 3 aliphatic carbocycles. The van der Waals surface area contributed by atoms with Crippen LogP contribution in [0, 0.1) is 0 Å². The summed E-state index contributed by atoms with van der Waals surface area (Å²) in [6.45, 7) is 2.03. The van der Waals surface area contributed by atoms with E-state index in [0.29, 0.717) is 19.6 Å². The van der Waals surface area contributed by atoms with Gasteiger partial charge in [-0.2, -0.15) is 0 Å². The summed E-state index contributed by atoms with van der Waals surface area (Å²) in [5.74, 6) is 0.311. The van der Waals surface area contributed by atoms with Gasteiger partial charge in [0.2, 0.25) is 0 Å². The second kappa shape index (κ2) is 21.7. The van der Waals surface area contributed by atoms with Crippen LogP contribution >= 0.6 is 7.82 Å². The van der Waals surface area contributed by atoms with Crippen LogP contribution in [0.5, 0.6) is 17.2 Å². The lowest BCUT2D eigenvalue weighted by Gasteiger charge is -2.40. The van der Waals surface area contributed by atoms with Gasteiger partial charge < -0.3 is 44.7 Å². The van der Waals surface area contributed by atoms with Gasteiger partial charge in [-0.15, -0.1) is 0 Å². The van der Waals surface area contributed by atoms with Crippen molar-refractivity contribution in [3.63, 3.8) is 0 Å². The average Bonchev–Trinajstić information content (AvgIpc) is 3.26. The Balaban J connectivity index is 1.18. The van der Waals surface area contributed by atoms with E-state index in [0.717, 1.165) is 113 Å². The zero-order valence-corrected chi connectivity index (χ0v) is 38.8. The van der Waals surface area contributed by atoms with Crippen LogP contribution < -0.4 is 14.7 Å². The van der Waals surface area contributed by atoms with E-state index in [1.165, 1.54) is 0 Å². The maximum Gasteiger partial charge on any atom is 0.583 e. The van der Waals surface area contributed by atoms with Gasteiger partial charge in [-0.1, -0.05) is 108 Å². The first kappa shape index (κ1) is 48.4. The number of nitrogens with zero attached hydrogens (tertiary/aromatic N) is 3. The van der Waals surface area contributed by atoms with Gasteiger partial charge in [0, 0.05) is 37.4 Å². The summed E-state index contributed by atoms with van der Waals surface area (Å²) >= 11 is 0. The van der Waals surface area contributed by atoms with E-state index in [2.05, 4.69) is 14.7 Å². The normalized spacial score (nSPS) is 21.2. The van der Waals surface area contributed by atoms with Crippen LogP contribution in [0.15, 0.2) is 72.8 Å². The largest absolute Gasteiger partial charge is 0.583 e. The van der Waals surface area contributed by atoms with E-state index < -0.39 is 24.6 Å². The molecule has 0 bridgehead atoms. The van der Waals surface area contributed by atoms with Crippen LogP contribution in [0.1, 0.15) is 131 Å². The molecule has 0 aromatic heterocycles. The molecular weight excluding hydrogens is 810 g/mol. The van der Waals surface area contributed by atoms with Gasteiger partial charge in [0.25, 0.3) is 0 Å². The summed E-state index contributed by atoms with van der Waals surface area (Å²) in [4.78, 5) is 22.9. The first-order valence-corrected chi connectivity index (χ1v) is 24.1. The molecule has 0 spiro atoms. The van der Waals surface area contributed by atoms with Gasteiger partial charge in [-0.25, -0.2) is 4.57 Å². The third kappa shape index (κ3) is 13.0. The molecule has 6 rings (SSSR count). The fraction of sp³-hybridized carbons (Fsp3) is 0.625. The van der Waals surface area contributed by atoms with Gasteiger partial charge in [-0.05, 0) is 134 Å². The molecule has 0 radical (unpaired) electrons. The quantitative estimate of drug-likeness (QED) is 0.0532. The number of rotatable bonds is 21. The molecule has 3 atom stereocenters. The van der Waals surface area contributed by atoms with Crippen molar-refractivity contribution in [1.29, 1.82) is 0 Å². The molecule has 13 nitrogen and oxygen atoms in total. The molecule has 3 aliphatic rings. The average molecular weight is 882 g/mol. The maximum absolute atomic E-state index is 14.2. The number of phosphoric acid groups is 1. The lowest BCUT2D eigenvalue weighted by Crippen LogP contribution is -2.42. The molecule has 3 unspecified atom stereocenters. The number of hydrogen-bond acceptors (Lipinski definition) is 13. The van der Waals surface area contributed by atoms with Crippen LogP contribution in [0.2, 0.25) is 0 Å². The minimum Gasteiger partial charge on any atom is -0.389 e. The highest BCUT2D eigenvalue weighted by molar-refractivity contribution is 7.48. The minimum atomic E-state index is -4.77. The van der Waals surface area contributed by atoms with Gasteiger partial charge in [0.05, 0.1) is 16.8 Å². The molecule has 3 N–H and O–H groups in total. The molecule has 14 heteroatoms. The van der Waals surface area contributed by atoms with Gasteiger partial charge in [-0.3, -0.25) is 0 Å². The smallest absolute Gasteiger partial charge is 0.389 e. The Kier molecular flexibility index (Phi) is 17.0. The molecule has 3 saturated carbocycles. The fourth-order valence-electron chi connectivity index (χ4n) is 9.96. The SMILES string of the molecule is CN(C)CC(c1ccc(OOP(=O)(OOc2ccc(C(CN(C)C)C3(O)CCCCC3)cc2)OOc2ccc(C(CN(C)C)C3(O)CCCCC3)cc2)cc1)C1(O)CCCCC1. The predicted octanol–water partition coefficient (Wildman–Crippen LogP) is 9.15. The van der Waals surface area contributed by atoms with E-state index in [4.69, 9.17) is 28.7 Å².